The van der Waals surface area contributed by atoms with E-state index in [9.17, 15) is 4.79 Å². The van der Waals surface area contributed by atoms with Gasteiger partial charge < -0.3 is 9.88 Å². The van der Waals surface area contributed by atoms with E-state index in [0.717, 1.165) is 10.6 Å². The molecule has 1 saturated carbocycles. The van der Waals surface area contributed by atoms with Crippen LogP contribution in [0.15, 0.2) is 47.4 Å². The first kappa shape index (κ1) is 14.4. The molecule has 0 bridgehead atoms. The van der Waals surface area contributed by atoms with Crippen LogP contribution in [0.4, 0.5) is 0 Å². The summed E-state index contributed by atoms with van der Waals surface area (Å²) in [5, 5.41) is 4.35. The van der Waals surface area contributed by atoms with Crippen LogP contribution in [0.2, 0.25) is 5.02 Å². The molecule has 0 amide bonds. The third-order valence-corrected chi connectivity index (χ3v) is 4.27. The van der Waals surface area contributed by atoms with Crippen molar-refractivity contribution in [3.05, 3.63) is 69.1 Å². The van der Waals surface area contributed by atoms with Crippen LogP contribution in [-0.2, 0) is 13.6 Å². The molecule has 1 atom stereocenters. The maximum absolute atomic E-state index is 11.7. The summed E-state index contributed by atoms with van der Waals surface area (Å²) in [5.74, 6) is 0.692. The van der Waals surface area contributed by atoms with Crippen molar-refractivity contribution in [1.29, 1.82) is 0 Å². The normalized spacial score (nSPS) is 15.9. The van der Waals surface area contributed by atoms with Gasteiger partial charge in [-0.25, -0.2) is 0 Å². The van der Waals surface area contributed by atoms with Gasteiger partial charge in [-0.05, 0) is 48.1 Å². The molecule has 1 heterocycles. The monoisotopic (exact) mass is 302 g/mol. The predicted molar refractivity (Wildman–Crippen MR) is 85.4 cm³/mol. The summed E-state index contributed by atoms with van der Waals surface area (Å²) in [7, 11) is 1.76. The van der Waals surface area contributed by atoms with Crippen molar-refractivity contribution in [2.45, 2.75) is 25.4 Å². The molecule has 1 aliphatic rings. The third kappa shape index (κ3) is 3.55. The van der Waals surface area contributed by atoms with E-state index >= 15 is 0 Å². The first-order valence-electron chi connectivity index (χ1n) is 7.28. The first-order valence-corrected chi connectivity index (χ1v) is 7.66. The number of aryl methyl sites for hydroxylation is 1. The zero-order valence-corrected chi connectivity index (χ0v) is 12.8. The lowest BCUT2D eigenvalue weighted by atomic mass is 10.0. The summed E-state index contributed by atoms with van der Waals surface area (Å²) in [5.41, 5.74) is 2.33. The molecule has 0 aliphatic heterocycles. The second-order valence-corrected chi connectivity index (χ2v) is 6.17. The van der Waals surface area contributed by atoms with Crippen LogP contribution < -0.4 is 10.9 Å². The molecule has 1 aliphatic carbocycles. The molecule has 3 nitrogen and oxygen atoms in total. The van der Waals surface area contributed by atoms with Crippen molar-refractivity contribution in [2.75, 3.05) is 0 Å². The van der Waals surface area contributed by atoms with Gasteiger partial charge in [0.1, 0.15) is 0 Å². The molecule has 4 heteroatoms. The molecular weight excluding hydrogens is 284 g/mol. The van der Waals surface area contributed by atoms with Gasteiger partial charge in [-0.2, -0.15) is 0 Å². The van der Waals surface area contributed by atoms with Crippen molar-refractivity contribution < 1.29 is 0 Å². The van der Waals surface area contributed by atoms with Crippen molar-refractivity contribution in [2.24, 2.45) is 13.0 Å². The fourth-order valence-corrected chi connectivity index (χ4v) is 2.71. The van der Waals surface area contributed by atoms with Crippen LogP contribution in [0.25, 0.3) is 0 Å². The number of rotatable bonds is 5. The van der Waals surface area contributed by atoms with Gasteiger partial charge in [0.2, 0.25) is 0 Å². The first-order chi connectivity index (χ1) is 10.1. The van der Waals surface area contributed by atoms with E-state index in [4.69, 9.17) is 11.6 Å². The predicted octanol–water partition coefficient (Wildman–Crippen LogP) is 3.28. The largest absolute Gasteiger partial charge is 0.319 e. The molecule has 0 radical (unpaired) electrons. The maximum atomic E-state index is 11.7. The maximum Gasteiger partial charge on any atom is 0.250 e. The molecule has 3 rings (SSSR count). The summed E-state index contributed by atoms with van der Waals surface area (Å²) < 4.78 is 1.58. The number of hydrogen-bond donors (Lipinski definition) is 1. The Kier molecular flexibility index (Phi) is 4.13. The number of pyridine rings is 1. The fourth-order valence-electron chi connectivity index (χ4n) is 2.58. The highest BCUT2D eigenvalue weighted by Crippen LogP contribution is 2.41. The molecular formula is C17H19ClN2O. The minimum absolute atomic E-state index is 0.0313. The molecule has 0 saturated heterocycles. The molecule has 110 valence electrons. The lowest BCUT2D eigenvalue weighted by Gasteiger charge is -2.19. The van der Waals surface area contributed by atoms with Gasteiger partial charge in [-0.1, -0.05) is 23.7 Å². The standard InChI is InChI=1S/C17H19ClN2O/c1-20-9-8-12(10-16(20)21)11-19-17(13-2-3-13)14-4-6-15(18)7-5-14/h4-10,13,17,19H,2-3,11H2,1H3/t17-/m1/s1. The minimum atomic E-state index is 0.0313. The number of nitrogens with one attached hydrogen (secondary N) is 1. The van der Waals surface area contributed by atoms with Gasteiger partial charge in [0, 0.05) is 36.9 Å². The van der Waals surface area contributed by atoms with Crippen molar-refractivity contribution in [3.8, 4) is 0 Å². The summed E-state index contributed by atoms with van der Waals surface area (Å²) in [6, 6.07) is 12.1. The number of nitrogens with zero attached hydrogens (tertiary/aromatic N) is 1. The van der Waals surface area contributed by atoms with Crippen LogP contribution in [0.5, 0.6) is 0 Å². The van der Waals surface area contributed by atoms with E-state index < -0.39 is 0 Å². The zero-order valence-electron chi connectivity index (χ0n) is 12.1. The topological polar surface area (TPSA) is 34.0 Å². The third-order valence-electron chi connectivity index (χ3n) is 4.02. The summed E-state index contributed by atoms with van der Waals surface area (Å²) in [6.07, 6.45) is 4.33. The number of aromatic nitrogens is 1. The average molecular weight is 303 g/mol. The lowest BCUT2D eigenvalue weighted by molar-refractivity contribution is 0.480. The van der Waals surface area contributed by atoms with Crippen LogP contribution in [0, 0.1) is 5.92 Å². The summed E-state index contributed by atoms with van der Waals surface area (Å²) in [4.78, 5) is 11.7. The highest BCUT2D eigenvalue weighted by Gasteiger charge is 2.31. The number of halogens is 1. The van der Waals surface area contributed by atoms with E-state index in [0.29, 0.717) is 18.5 Å². The second-order valence-electron chi connectivity index (χ2n) is 5.73. The molecule has 0 unspecified atom stereocenters. The van der Waals surface area contributed by atoms with Gasteiger partial charge in [0.05, 0.1) is 0 Å². The number of hydrogen-bond acceptors (Lipinski definition) is 2. The van der Waals surface area contributed by atoms with E-state index in [-0.39, 0.29) is 5.56 Å². The Morgan fingerprint density at radius 3 is 2.62 bits per heavy atom. The molecule has 1 aromatic heterocycles. The zero-order chi connectivity index (χ0) is 14.8. The highest BCUT2D eigenvalue weighted by molar-refractivity contribution is 6.30. The van der Waals surface area contributed by atoms with E-state index in [1.54, 1.807) is 17.7 Å². The van der Waals surface area contributed by atoms with Crippen LogP contribution >= 0.6 is 11.6 Å². The Bertz CT molecular complexity index is 674. The van der Waals surface area contributed by atoms with Gasteiger partial charge >= 0.3 is 0 Å². The van der Waals surface area contributed by atoms with Gasteiger partial charge in [0.15, 0.2) is 0 Å². The smallest absolute Gasteiger partial charge is 0.250 e. The van der Waals surface area contributed by atoms with E-state index in [2.05, 4.69) is 17.4 Å². The average Bonchev–Trinajstić information content (AvgIpc) is 3.29. The van der Waals surface area contributed by atoms with Gasteiger partial charge in [-0.15, -0.1) is 0 Å². The van der Waals surface area contributed by atoms with Crippen molar-refractivity contribution in [3.63, 3.8) is 0 Å². The molecule has 21 heavy (non-hydrogen) atoms. The second kappa shape index (κ2) is 6.04. The molecule has 2 aromatic rings. The minimum Gasteiger partial charge on any atom is -0.319 e. The van der Waals surface area contributed by atoms with Crippen LogP contribution in [0.3, 0.4) is 0 Å². The molecule has 1 N–H and O–H groups in total. The lowest BCUT2D eigenvalue weighted by Crippen LogP contribution is -2.24. The van der Waals surface area contributed by atoms with Gasteiger partial charge in [-0.3, -0.25) is 4.79 Å². The summed E-state index contributed by atoms with van der Waals surface area (Å²) >= 11 is 5.96. The van der Waals surface area contributed by atoms with Gasteiger partial charge in [0.25, 0.3) is 5.56 Å². The fraction of sp³-hybridized carbons (Fsp3) is 0.353. The Hall–Kier alpha value is -1.58. The van der Waals surface area contributed by atoms with Crippen molar-refractivity contribution in [1.82, 2.24) is 9.88 Å². The molecule has 1 fully saturated rings. The molecule has 1 aromatic carbocycles. The van der Waals surface area contributed by atoms with Crippen molar-refractivity contribution >= 4 is 11.6 Å². The van der Waals surface area contributed by atoms with E-state index in [1.807, 2.05) is 24.4 Å². The van der Waals surface area contributed by atoms with E-state index in [1.165, 1.54) is 18.4 Å². The Morgan fingerprint density at radius 2 is 2.00 bits per heavy atom. The summed E-state index contributed by atoms with van der Waals surface area (Å²) in [6.45, 7) is 0.708. The Morgan fingerprint density at radius 1 is 1.29 bits per heavy atom. The van der Waals surface area contributed by atoms with Crippen LogP contribution in [-0.4, -0.2) is 4.57 Å². The Labute approximate surface area is 129 Å². The van der Waals surface area contributed by atoms with Crippen LogP contribution in [0.1, 0.15) is 30.0 Å². The number of benzene rings is 1. The Balaban J connectivity index is 1.72. The SMILES string of the molecule is Cn1ccc(CN[C@@H](c2ccc(Cl)cc2)C2CC2)cc1=O. The highest BCUT2D eigenvalue weighted by atomic mass is 35.5. The molecule has 0 spiro atoms. The quantitative estimate of drug-likeness (QED) is 0.919.